The molecular formula is C14H14O3. The van der Waals surface area contributed by atoms with Crippen LogP contribution >= 0.6 is 0 Å². The number of hydrogen-bond donors (Lipinski definition) is 1. The standard InChI is InChI=1S/C14H14O3/c1-10-4-3-5-11(2)14(10)17-16-13-8-6-12(15)7-9-13/h3-9,15H,1-2H3. The highest BCUT2D eigenvalue weighted by Gasteiger charge is 2.05. The second-order valence-electron chi connectivity index (χ2n) is 3.88. The summed E-state index contributed by atoms with van der Waals surface area (Å²) in [7, 11) is 0. The van der Waals surface area contributed by atoms with Crippen molar-refractivity contribution in [3.63, 3.8) is 0 Å². The van der Waals surface area contributed by atoms with Crippen molar-refractivity contribution in [2.24, 2.45) is 0 Å². The quantitative estimate of drug-likeness (QED) is 0.649. The molecule has 0 atom stereocenters. The molecule has 0 spiro atoms. The van der Waals surface area contributed by atoms with Gasteiger partial charge in [0.25, 0.3) is 0 Å². The third-order valence-corrected chi connectivity index (χ3v) is 2.47. The third-order valence-electron chi connectivity index (χ3n) is 2.47. The minimum absolute atomic E-state index is 0.199. The van der Waals surface area contributed by atoms with Crippen molar-refractivity contribution >= 4 is 0 Å². The zero-order valence-corrected chi connectivity index (χ0v) is 9.81. The Labute approximate surface area is 100 Å². The van der Waals surface area contributed by atoms with E-state index in [9.17, 15) is 0 Å². The van der Waals surface area contributed by atoms with Gasteiger partial charge in [0.1, 0.15) is 5.75 Å². The number of hydrogen-bond acceptors (Lipinski definition) is 3. The SMILES string of the molecule is Cc1cccc(C)c1OOc1ccc(O)cc1. The first-order valence-electron chi connectivity index (χ1n) is 5.36. The fourth-order valence-electron chi connectivity index (χ4n) is 1.52. The summed E-state index contributed by atoms with van der Waals surface area (Å²) in [5.41, 5.74) is 2.03. The second-order valence-corrected chi connectivity index (χ2v) is 3.88. The van der Waals surface area contributed by atoms with Crippen molar-refractivity contribution in [1.29, 1.82) is 0 Å². The van der Waals surface area contributed by atoms with Crippen molar-refractivity contribution in [2.75, 3.05) is 0 Å². The molecule has 0 amide bonds. The number of rotatable bonds is 3. The first-order chi connectivity index (χ1) is 8.16. The summed E-state index contributed by atoms with van der Waals surface area (Å²) in [5, 5.41) is 9.13. The van der Waals surface area contributed by atoms with Gasteiger partial charge in [-0.3, -0.25) is 9.78 Å². The zero-order chi connectivity index (χ0) is 12.3. The summed E-state index contributed by atoms with van der Waals surface area (Å²) in [6.07, 6.45) is 0. The lowest BCUT2D eigenvalue weighted by molar-refractivity contribution is -0.101. The van der Waals surface area contributed by atoms with E-state index in [1.54, 1.807) is 24.3 Å². The normalized spacial score (nSPS) is 10.0. The van der Waals surface area contributed by atoms with Crippen LogP contribution in [0.5, 0.6) is 17.2 Å². The minimum Gasteiger partial charge on any atom is -0.508 e. The van der Waals surface area contributed by atoms with Crippen LogP contribution in [0.15, 0.2) is 42.5 Å². The van der Waals surface area contributed by atoms with Crippen LogP contribution in [-0.2, 0) is 0 Å². The molecule has 0 fully saturated rings. The Morgan fingerprint density at radius 3 is 2.00 bits per heavy atom. The average Bonchev–Trinajstić information content (AvgIpc) is 2.31. The molecule has 0 aliphatic carbocycles. The Morgan fingerprint density at radius 2 is 1.41 bits per heavy atom. The molecule has 2 aromatic carbocycles. The molecule has 0 bridgehead atoms. The van der Waals surface area contributed by atoms with E-state index in [2.05, 4.69) is 0 Å². The lowest BCUT2D eigenvalue weighted by atomic mass is 10.1. The van der Waals surface area contributed by atoms with E-state index in [0.717, 1.165) is 16.9 Å². The monoisotopic (exact) mass is 230 g/mol. The first-order valence-corrected chi connectivity index (χ1v) is 5.36. The van der Waals surface area contributed by atoms with Gasteiger partial charge in [0.2, 0.25) is 0 Å². The Hall–Kier alpha value is -2.16. The maximum Gasteiger partial charge on any atom is 0.184 e. The molecule has 0 heterocycles. The van der Waals surface area contributed by atoms with Crippen LogP contribution in [0.4, 0.5) is 0 Å². The second kappa shape index (κ2) is 4.78. The van der Waals surface area contributed by atoms with Gasteiger partial charge in [0, 0.05) is 0 Å². The molecular weight excluding hydrogens is 216 g/mol. The van der Waals surface area contributed by atoms with Gasteiger partial charge in [-0.2, -0.15) is 0 Å². The molecule has 3 heteroatoms. The van der Waals surface area contributed by atoms with E-state index in [1.165, 1.54) is 0 Å². The topological polar surface area (TPSA) is 38.7 Å². The largest absolute Gasteiger partial charge is 0.508 e. The maximum absolute atomic E-state index is 9.13. The molecule has 0 unspecified atom stereocenters. The molecule has 88 valence electrons. The molecule has 17 heavy (non-hydrogen) atoms. The van der Waals surface area contributed by atoms with Gasteiger partial charge in [-0.25, -0.2) is 0 Å². The maximum atomic E-state index is 9.13. The highest BCUT2D eigenvalue weighted by molar-refractivity contribution is 5.39. The van der Waals surface area contributed by atoms with Crippen molar-refractivity contribution in [1.82, 2.24) is 0 Å². The smallest absolute Gasteiger partial charge is 0.184 e. The Morgan fingerprint density at radius 1 is 0.824 bits per heavy atom. The zero-order valence-electron chi connectivity index (χ0n) is 9.81. The molecule has 0 aliphatic heterocycles. The van der Waals surface area contributed by atoms with Gasteiger partial charge >= 0.3 is 0 Å². The van der Waals surface area contributed by atoms with Gasteiger partial charge in [-0.15, -0.1) is 0 Å². The van der Waals surface area contributed by atoms with Crippen molar-refractivity contribution in [3.05, 3.63) is 53.6 Å². The molecule has 2 rings (SSSR count). The first kappa shape index (κ1) is 11.3. The molecule has 0 aromatic heterocycles. The van der Waals surface area contributed by atoms with Gasteiger partial charge in [-0.05, 0) is 49.2 Å². The van der Waals surface area contributed by atoms with Gasteiger partial charge < -0.3 is 5.11 Å². The minimum atomic E-state index is 0.199. The molecule has 0 radical (unpaired) electrons. The van der Waals surface area contributed by atoms with Gasteiger partial charge in [0.05, 0.1) is 0 Å². The number of phenolic OH excluding ortho intramolecular Hbond substituents is 1. The molecule has 0 aliphatic rings. The molecule has 2 aromatic rings. The summed E-state index contributed by atoms with van der Waals surface area (Å²) in [5.74, 6) is 1.47. The van der Waals surface area contributed by atoms with E-state index >= 15 is 0 Å². The van der Waals surface area contributed by atoms with Crippen LogP contribution < -0.4 is 9.78 Å². The van der Waals surface area contributed by atoms with Crippen LogP contribution in [0.25, 0.3) is 0 Å². The van der Waals surface area contributed by atoms with Crippen molar-refractivity contribution < 1.29 is 14.9 Å². The van der Waals surface area contributed by atoms with E-state index in [1.807, 2.05) is 32.0 Å². The van der Waals surface area contributed by atoms with E-state index < -0.39 is 0 Å². The molecule has 0 saturated carbocycles. The Balaban J connectivity index is 2.10. The lowest BCUT2D eigenvalue weighted by Crippen LogP contribution is -2.03. The molecule has 0 saturated heterocycles. The van der Waals surface area contributed by atoms with Crippen LogP contribution in [0.2, 0.25) is 0 Å². The third kappa shape index (κ3) is 2.69. The fraction of sp³-hybridized carbons (Fsp3) is 0.143. The number of aryl methyl sites for hydroxylation is 2. The van der Waals surface area contributed by atoms with Crippen molar-refractivity contribution in [3.8, 4) is 17.2 Å². The Kier molecular flexibility index (Phi) is 3.19. The number of benzene rings is 2. The summed E-state index contributed by atoms with van der Waals surface area (Å²) >= 11 is 0. The Bertz CT molecular complexity index is 483. The van der Waals surface area contributed by atoms with Crippen molar-refractivity contribution in [2.45, 2.75) is 13.8 Å². The van der Waals surface area contributed by atoms with Crippen LogP contribution in [0.1, 0.15) is 11.1 Å². The lowest BCUT2D eigenvalue weighted by Gasteiger charge is -2.10. The van der Waals surface area contributed by atoms with E-state index in [4.69, 9.17) is 14.9 Å². The average molecular weight is 230 g/mol. The fourth-order valence-corrected chi connectivity index (χ4v) is 1.52. The highest BCUT2D eigenvalue weighted by Crippen LogP contribution is 2.24. The summed E-state index contributed by atoms with van der Waals surface area (Å²) in [4.78, 5) is 10.5. The highest BCUT2D eigenvalue weighted by atomic mass is 17.2. The van der Waals surface area contributed by atoms with E-state index in [-0.39, 0.29) is 5.75 Å². The number of phenols is 1. The van der Waals surface area contributed by atoms with Gasteiger partial charge in [-0.1, -0.05) is 18.2 Å². The predicted octanol–water partition coefficient (Wildman–Crippen LogP) is 3.38. The number of aromatic hydroxyl groups is 1. The van der Waals surface area contributed by atoms with Crippen LogP contribution in [0, 0.1) is 13.8 Å². The van der Waals surface area contributed by atoms with Crippen LogP contribution in [0.3, 0.4) is 0 Å². The number of para-hydroxylation sites is 1. The summed E-state index contributed by atoms with van der Waals surface area (Å²) in [6, 6.07) is 12.3. The predicted molar refractivity (Wildman–Crippen MR) is 65.3 cm³/mol. The molecule has 1 N–H and O–H groups in total. The van der Waals surface area contributed by atoms with E-state index in [0.29, 0.717) is 5.75 Å². The van der Waals surface area contributed by atoms with Crippen LogP contribution in [-0.4, -0.2) is 5.11 Å². The van der Waals surface area contributed by atoms with Gasteiger partial charge in [0.15, 0.2) is 11.5 Å². The molecule has 3 nitrogen and oxygen atoms in total. The summed E-state index contributed by atoms with van der Waals surface area (Å²) < 4.78 is 0. The summed E-state index contributed by atoms with van der Waals surface area (Å²) in [6.45, 7) is 3.92.